The molecule has 1 fully saturated rings. The van der Waals surface area contributed by atoms with Crippen LogP contribution < -0.4 is 10.6 Å². The summed E-state index contributed by atoms with van der Waals surface area (Å²) in [6.07, 6.45) is 1.18. The molecule has 0 amide bonds. The van der Waals surface area contributed by atoms with Crippen molar-refractivity contribution in [2.45, 2.75) is 32.4 Å². The van der Waals surface area contributed by atoms with Gasteiger partial charge >= 0.3 is 0 Å². The Kier molecular flexibility index (Phi) is 4.61. The average molecular weight is 247 g/mol. The van der Waals surface area contributed by atoms with Crippen LogP contribution in [0.15, 0.2) is 30.3 Å². The maximum atomic E-state index is 5.90. The molecular weight excluding hydrogens is 222 g/mol. The van der Waals surface area contributed by atoms with E-state index in [4.69, 9.17) is 5.73 Å². The lowest BCUT2D eigenvalue weighted by Crippen LogP contribution is -2.55. The Bertz CT molecular complexity index is 350. The fraction of sp³-hybridized carbons (Fsp3) is 0.600. The molecule has 0 saturated carbocycles. The summed E-state index contributed by atoms with van der Waals surface area (Å²) in [5, 5.41) is 0. The van der Waals surface area contributed by atoms with Crippen molar-refractivity contribution in [2.24, 2.45) is 5.73 Å². The number of anilines is 1. The molecule has 0 spiro atoms. The zero-order valence-corrected chi connectivity index (χ0v) is 11.5. The SMILES string of the molecule is CCC1CN(CC(C)N)CCN1c1ccccc1. The first-order valence-electron chi connectivity index (χ1n) is 7.00. The van der Waals surface area contributed by atoms with E-state index < -0.39 is 0 Å². The van der Waals surface area contributed by atoms with Crippen molar-refractivity contribution in [1.29, 1.82) is 0 Å². The van der Waals surface area contributed by atoms with Crippen LogP contribution in [-0.2, 0) is 0 Å². The van der Waals surface area contributed by atoms with E-state index in [0.717, 1.165) is 26.2 Å². The summed E-state index contributed by atoms with van der Waals surface area (Å²) in [6, 6.07) is 11.6. The molecule has 0 aromatic heterocycles. The third-order valence-electron chi connectivity index (χ3n) is 3.67. The average Bonchev–Trinajstić information content (AvgIpc) is 2.39. The molecular formula is C15H25N3. The molecule has 0 radical (unpaired) electrons. The highest BCUT2D eigenvalue weighted by Gasteiger charge is 2.25. The molecule has 3 nitrogen and oxygen atoms in total. The maximum Gasteiger partial charge on any atom is 0.0415 e. The molecule has 0 aliphatic carbocycles. The van der Waals surface area contributed by atoms with E-state index in [-0.39, 0.29) is 6.04 Å². The summed E-state index contributed by atoms with van der Waals surface area (Å²) >= 11 is 0. The van der Waals surface area contributed by atoms with Gasteiger partial charge in [-0.1, -0.05) is 25.1 Å². The van der Waals surface area contributed by atoms with Gasteiger partial charge in [0.1, 0.15) is 0 Å². The molecule has 2 rings (SSSR count). The number of nitrogens with two attached hydrogens (primary N) is 1. The number of hydrogen-bond donors (Lipinski definition) is 1. The second-order valence-corrected chi connectivity index (χ2v) is 5.33. The van der Waals surface area contributed by atoms with Gasteiger partial charge in [0.2, 0.25) is 0 Å². The molecule has 1 aromatic rings. The van der Waals surface area contributed by atoms with Crippen LogP contribution >= 0.6 is 0 Å². The Balaban J connectivity index is 2.02. The quantitative estimate of drug-likeness (QED) is 0.882. The number of nitrogens with zero attached hydrogens (tertiary/aromatic N) is 2. The van der Waals surface area contributed by atoms with E-state index in [1.807, 2.05) is 0 Å². The topological polar surface area (TPSA) is 32.5 Å². The van der Waals surface area contributed by atoms with Crippen LogP contribution in [-0.4, -0.2) is 43.2 Å². The highest BCUT2D eigenvalue weighted by atomic mass is 15.3. The molecule has 0 bridgehead atoms. The van der Waals surface area contributed by atoms with Crippen LogP contribution in [0.1, 0.15) is 20.3 Å². The van der Waals surface area contributed by atoms with Gasteiger partial charge in [0.15, 0.2) is 0 Å². The number of benzene rings is 1. The van der Waals surface area contributed by atoms with Gasteiger partial charge in [0, 0.05) is 44.0 Å². The highest BCUT2D eigenvalue weighted by molar-refractivity contribution is 5.47. The van der Waals surface area contributed by atoms with Gasteiger partial charge in [0.05, 0.1) is 0 Å². The Morgan fingerprint density at radius 2 is 2.00 bits per heavy atom. The summed E-state index contributed by atoms with van der Waals surface area (Å²) in [4.78, 5) is 5.04. The molecule has 18 heavy (non-hydrogen) atoms. The summed E-state index contributed by atoms with van der Waals surface area (Å²) in [7, 11) is 0. The Morgan fingerprint density at radius 1 is 1.28 bits per heavy atom. The van der Waals surface area contributed by atoms with Gasteiger partial charge in [-0.25, -0.2) is 0 Å². The van der Waals surface area contributed by atoms with Crippen LogP contribution in [0.5, 0.6) is 0 Å². The minimum atomic E-state index is 0.269. The lowest BCUT2D eigenvalue weighted by Gasteiger charge is -2.43. The van der Waals surface area contributed by atoms with Gasteiger partial charge < -0.3 is 10.6 Å². The van der Waals surface area contributed by atoms with E-state index in [1.165, 1.54) is 12.1 Å². The minimum Gasteiger partial charge on any atom is -0.366 e. The first kappa shape index (κ1) is 13.4. The Hall–Kier alpha value is -1.06. The van der Waals surface area contributed by atoms with Crippen molar-refractivity contribution in [1.82, 2.24) is 4.90 Å². The first-order chi connectivity index (χ1) is 8.70. The number of para-hydroxylation sites is 1. The highest BCUT2D eigenvalue weighted by Crippen LogP contribution is 2.21. The Morgan fingerprint density at radius 3 is 2.61 bits per heavy atom. The van der Waals surface area contributed by atoms with Crippen LogP contribution in [0, 0.1) is 0 Å². The lowest BCUT2D eigenvalue weighted by atomic mass is 10.1. The van der Waals surface area contributed by atoms with Crippen molar-refractivity contribution in [3.63, 3.8) is 0 Å². The summed E-state index contributed by atoms with van der Waals surface area (Å²) in [6.45, 7) is 8.73. The monoisotopic (exact) mass is 247 g/mol. The molecule has 2 N–H and O–H groups in total. The number of rotatable bonds is 4. The standard InChI is InChI=1S/C15H25N3/c1-3-14-12-17(11-13(2)16)9-10-18(14)15-7-5-4-6-8-15/h4-8,13-14H,3,9-12,16H2,1-2H3. The van der Waals surface area contributed by atoms with E-state index in [2.05, 4.69) is 54.0 Å². The van der Waals surface area contributed by atoms with Gasteiger partial charge in [-0.3, -0.25) is 4.90 Å². The Labute approximate surface area is 111 Å². The van der Waals surface area contributed by atoms with E-state index in [1.54, 1.807) is 0 Å². The largest absolute Gasteiger partial charge is 0.366 e. The van der Waals surface area contributed by atoms with Crippen LogP contribution in [0.25, 0.3) is 0 Å². The van der Waals surface area contributed by atoms with Gasteiger partial charge in [-0.2, -0.15) is 0 Å². The summed E-state index contributed by atoms with van der Waals surface area (Å²) < 4.78 is 0. The van der Waals surface area contributed by atoms with Crippen molar-refractivity contribution >= 4 is 5.69 Å². The van der Waals surface area contributed by atoms with E-state index in [9.17, 15) is 0 Å². The molecule has 1 aromatic carbocycles. The number of piperazine rings is 1. The van der Waals surface area contributed by atoms with E-state index in [0.29, 0.717) is 6.04 Å². The van der Waals surface area contributed by atoms with Gasteiger partial charge in [0.25, 0.3) is 0 Å². The fourth-order valence-corrected chi connectivity index (χ4v) is 2.80. The van der Waals surface area contributed by atoms with Gasteiger partial charge in [-0.15, -0.1) is 0 Å². The van der Waals surface area contributed by atoms with Crippen LogP contribution in [0.4, 0.5) is 5.69 Å². The third kappa shape index (κ3) is 3.24. The predicted octanol–water partition coefficient (Wildman–Crippen LogP) is 1.93. The van der Waals surface area contributed by atoms with Gasteiger partial charge in [-0.05, 0) is 25.5 Å². The van der Waals surface area contributed by atoms with Crippen LogP contribution in [0.2, 0.25) is 0 Å². The summed E-state index contributed by atoms with van der Waals surface area (Å²) in [5.41, 5.74) is 7.25. The zero-order chi connectivity index (χ0) is 13.0. The van der Waals surface area contributed by atoms with Crippen molar-refractivity contribution in [2.75, 3.05) is 31.1 Å². The van der Waals surface area contributed by atoms with Crippen LogP contribution in [0.3, 0.4) is 0 Å². The van der Waals surface area contributed by atoms with Crippen molar-refractivity contribution in [3.8, 4) is 0 Å². The van der Waals surface area contributed by atoms with E-state index >= 15 is 0 Å². The lowest BCUT2D eigenvalue weighted by molar-refractivity contribution is 0.211. The molecule has 1 aliphatic heterocycles. The molecule has 1 heterocycles. The molecule has 2 atom stereocenters. The number of hydrogen-bond acceptors (Lipinski definition) is 3. The fourth-order valence-electron chi connectivity index (χ4n) is 2.80. The second-order valence-electron chi connectivity index (χ2n) is 5.33. The molecule has 3 heteroatoms. The smallest absolute Gasteiger partial charge is 0.0415 e. The molecule has 1 saturated heterocycles. The molecule has 2 unspecified atom stereocenters. The zero-order valence-electron chi connectivity index (χ0n) is 11.5. The molecule has 100 valence electrons. The maximum absolute atomic E-state index is 5.90. The van der Waals surface area contributed by atoms with Crippen molar-refractivity contribution < 1.29 is 0 Å². The van der Waals surface area contributed by atoms with Crippen molar-refractivity contribution in [3.05, 3.63) is 30.3 Å². The molecule has 1 aliphatic rings. The first-order valence-corrected chi connectivity index (χ1v) is 7.00. The third-order valence-corrected chi connectivity index (χ3v) is 3.67. The summed E-state index contributed by atoms with van der Waals surface area (Å²) in [5.74, 6) is 0. The minimum absolute atomic E-state index is 0.269. The normalized spacial score (nSPS) is 23.1. The predicted molar refractivity (Wildman–Crippen MR) is 78.0 cm³/mol. The second kappa shape index (κ2) is 6.21.